The van der Waals surface area contributed by atoms with E-state index in [1.165, 1.54) is 4.90 Å². The Kier molecular flexibility index (Phi) is 4.03. The third-order valence-electron chi connectivity index (χ3n) is 3.39. The van der Waals surface area contributed by atoms with Crippen LogP contribution in [0.1, 0.15) is 27.9 Å². The van der Waals surface area contributed by atoms with Crippen LogP contribution in [0.25, 0.3) is 0 Å². The molecule has 1 aromatic carbocycles. The van der Waals surface area contributed by atoms with Gasteiger partial charge in [-0.3, -0.25) is 19.3 Å². The number of rotatable bonds is 4. The predicted molar refractivity (Wildman–Crippen MR) is 75.8 cm³/mol. The topological polar surface area (TPSA) is 90.3 Å². The molecule has 0 unspecified atom stereocenters. The fourth-order valence-electron chi connectivity index (χ4n) is 2.37. The van der Waals surface area contributed by atoms with Crippen molar-refractivity contribution in [2.45, 2.75) is 20.3 Å². The van der Waals surface area contributed by atoms with Crippen LogP contribution in [-0.4, -0.2) is 30.7 Å². The molecule has 21 heavy (non-hydrogen) atoms. The average Bonchev–Trinajstić information content (AvgIpc) is 2.69. The minimum atomic E-state index is -0.683. The van der Waals surface area contributed by atoms with Gasteiger partial charge in [-0.25, -0.2) is 0 Å². The third kappa shape index (κ3) is 2.63. The van der Waals surface area contributed by atoms with Gasteiger partial charge in [0.15, 0.2) is 0 Å². The predicted octanol–water partition coefficient (Wildman–Crippen LogP) is 0.863. The average molecular weight is 285 g/mol. The first-order chi connectivity index (χ1) is 9.97. The highest BCUT2D eigenvalue weighted by molar-refractivity contribution is 6.53. The Balaban J connectivity index is 2.26. The minimum absolute atomic E-state index is 0.202. The van der Waals surface area contributed by atoms with Crippen LogP contribution >= 0.6 is 0 Å². The van der Waals surface area contributed by atoms with Crippen molar-refractivity contribution < 1.29 is 14.4 Å². The Bertz CT molecular complexity index is 673. The van der Waals surface area contributed by atoms with Crippen molar-refractivity contribution in [3.63, 3.8) is 0 Å². The molecule has 6 nitrogen and oxygen atoms in total. The van der Waals surface area contributed by atoms with Crippen molar-refractivity contribution in [2.24, 2.45) is 0 Å². The van der Waals surface area contributed by atoms with E-state index in [1.807, 2.05) is 12.1 Å². The van der Waals surface area contributed by atoms with E-state index >= 15 is 0 Å². The number of aryl methyl sites for hydroxylation is 2. The smallest absolute Gasteiger partial charge is 0.299 e. The first-order valence-corrected chi connectivity index (χ1v) is 6.57. The van der Waals surface area contributed by atoms with Crippen LogP contribution in [-0.2, 0) is 9.59 Å². The normalized spacial score (nSPS) is 13.1. The molecule has 0 aliphatic carbocycles. The zero-order valence-corrected chi connectivity index (χ0v) is 11.9. The number of nitriles is 1. The number of ketones is 1. The summed E-state index contributed by atoms with van der Waals surface area (Å²) in [6, 6.07) is 5.52. The summed E-state index contributed by atoms with van der Waals surface area (Å²) in [7, 11) is 0. The highest BCUT2D eigenvalue weighted by Crippen LogP contribution is 2.34. The van der Waals surface area contributed by atoms with Crippen LogP contribution < -0.4 is 10.2 Å². The molecule has 1 heterocycles. The summed E-state index contributed by atoms with van der Waals surface area (Å²) in [6.45, 7) is 3.57. The second kappa shape index (κ2) is 5.75. The number of amides is 2. The van der Waals surface area contributed by atoms with Gasteiger partial charge in [-0.15, -0.1) is 0 Å². The molecule has 1 aliphatic rings. The zero-order chi connectivity index (χ0) is 15.6. The van der Waals surface area contributed by atoms with E-state index in [1.54, 1.807) is 19.9 Å². The molecule has 6 heteroatoms. The van der Waals surface area contributed by atoms with Gasteiger partial charge in [0.2, 0.25) is 5.91 Å². The molecule has 1 aliphatic heterocycles. The number of hydrogen-bond donors (Lipinski definition) is 1. The van der Waals surface area contributed by atoms with Gasteiger partial charge in [0, 0.05) is 6.54 Å². The SMILES string of the molecule is Cc1ccc(C)c2c1C(=O)C(=O)N2CC(=O)NCCC#N. The van der Waals surface area contributed by atoms with E-state index in [0.29, 0.717) is 11.3 Å². The van der Waals surface area contributed by atoms with Crippen LogP contribution in [0.15, 0.2) is 12.1 Å². The summed E-state index contributed by atoms with van der Waals surface area (Å²) in [5.41, 5.74) is 2.39. The molecule has 0 saturated carbocycles. The van der Waals surface area contributed by atoms with Crippen LogP contribution in [0.4, 0.5) is 5.69 Å². The first-order valence-electron chi connectivity index (χ1n) is 6.57. The monoisotopic (exact) mass is 285 g/mol. The lowest BCUT2D eigenvalue weighted by atomic mass is 10.0. The largest absolute Gasteiger partial charge is 0.354 e. The van der Waals surface area contributed by atoms with Crippen LogP contribution in [0, 0.1) is 25.2 Å². The quantitative estimate of drug-likeness (QED) is 0.656. The van der Waals surface area contributed by atoms with Crippen LogP contribution in [0.2, 0.25) is 0 Å². The molecule has 0 fully saturated rings. The molecule has 0 radical (unpaired) electrons. The van der Waals surface area contributed by atoms with Crippen molar-refractivity contribution in [3.8, 4) is 6.07 Å². The summed E-state index contributed by atoms with van der Waals surface area (Å²) < 4.78 is 0. The second-order valence-electron chi connectivity index (χ2n) is 4.90. The number of benzene rings is 1. The number of fused-ring (bicyclic) bond motifs is 1. The van der Waals surface area contributed by atoms with Gasteiger partial charge in [0.1, 0.15) is 6.54 Å². The Morgan fingerprint density at radius 3 is 2.62 bits per heavy atom. The molecule has 0 aromatic heterocycles. The second-order valence-corrected chi connectivity index (χ2v) is 4.90. The lowest BCUT2D eigenvalue weighted by Crippen LogP contribution is -2.40. The van der Waals surface area contributed by atoms with Gasteiger partial charge in [0.05, 0.1) is 23.7 Å². The first kappa shape index (κ1) is 14.7. The summed E-state index contributed by atoms with van der Waals surface area (Å²) >= 11 is 0. The lowest BCUT2D eigenvalue weighted by Gasteiger charge is -2.18. The molecule has 108 valence electrons. The maximum atomic E-state index is 12.1. The number of nitrogens with one attached hydrogen (secondary N) is 1. The van der Waals surface area contributed by atoms with Crippen molar-refractivity contribution in [2.75, 3.05) is 18.0 Å². The number of carbonyl (C=O) groups excluding carboxylic acids is 3. The van der Waals surface area contributed by atoms with E-state index in [-0.39, 0.29) is 25.4 Å². The fourth-order valence-corrected chi connectivity index (χ4v) is 2.37. The maximum absolute atomic E-state index is 12.1. The van der Waals surface area contributed by atoms with Gasteiger partial charge in [-0.1, -0.05) is 12.1 Å². The minimum Gasteiger partial charge on any atom is -0.354 e. The summed E-state index contributed by atoms with van der Waals surface area (Å²) in [5, 5.41) is 11.0. The summed E-state index contributed by atoms with van der Waals surface area (Å²) in [5.74, 6) is -1.64. The van der Waals surface area contributed by atoms with E-state index in [0.717, 1.165) is 11.1 Å². The van der Waals surface area contributed by atoms with Crippen molar-refractivity contribution in [1.82, 2.24) is 5.32 Å². The van der Waals surface area contributed by atoms with Crippen LogP contribution in [0.3, 0.4) is 0 Å². The Hall–Kier alpha value is -2.68. The third-order valence-corrected chi connectivity index (χ3v) is 3.39. The molecule has 2 rings (SSSR count). The maximum Gasteiger partial charge on any atom is 0.299 e. The molecule has 0 saturated heterocycles. The molecular formula is C15H15N3O3. The number of anilines is 1. The van der Waals surface area contributed by atoms with Gasteiger partial charge in [-0.05, 0) is 25.0 Å². The summed E-state index contributed by atoms with van der Waals surface area (Å²) in [6.07, 6.45) is 0.202. The fraction of sp³-hybridized carbons (Fsp3) is 0.333. The van der Waals surface area contributed by atoms with Gasteiger partial charge in [-0.2, -0.15) is 5.26 Å². The molecule has 1 N–H and O–H groups in total. The van der Waals surface area contributed by atoms with Gasteiger partial charge < -0.3 is 5.32 Å². The van der Waals surface area contributed by atoms with E-state index in [2.05, 4.69) is 5.32 Å². The van der Waals surface area contributed by atoms with Gasteiger partial charge >= 0.3 is 0 Å². The van der Waals surface area contributed by atoms with Crippen molar-refractivity contribution in [1.29, 1.82) is 5.26 Å². The number of Topliss-reactive ketones (excluding diaryl/α,β-unsaturated/α-hetero) is 1. The lowest BCUT2D eigenvalue weighted by molar-refractivity contribution is -0.122. The number of hydrogen-bond acceptors (Lipinski definition) is 4. The standard InChI is InChI=1S/C15H15N3O3/c1-9-4-5-10(2)13-12(9)14(20)15(21)18(13)8-11(19)17-7-3-6-16/h4-5H,3,7-8H2,1-2H3,(H,17,19). The molecule has 0 bridgehead atoms. The molecule has 1 aromatic rings. The summed E-state index contributed by atoms with van der Waals surface area (Å²) in [4.78, 5) is 37.1. The Morgan fingerprint density at radius 1 is 1.29 bits per heavy atom. The van der Waals surface area contributed by atoms with E-state index < -0.39 is 11.7 Å². The number of nitrogens with zero attached hydrogens (tertiary/aromatic N) is 2. The van der Waals surface area contributed by atoms with Crippen molar-refractivity contribution in [3.05, 3.63) is 28.8 Å². The van der Waals surface area contributed by atoms with Crippen LogP contribution in [0.5, 0.6) is 0 Å². The molecule has 0 atom stereocenters. The Labute approximate surface area is 122 Å². The highest BCUT2D eigenvalue weighted by Gasteiger charge is 2.38. The van der Waals surface area contributed by atoms with E-state index in [9.17, 15) is 14.4 Å². The Morgan fingerprint density at radius 2 is 1.95 bits per heavy atom. The molecule has 2 amide bonds. The van der Waals surface area contributed by atoms with Gasteiger partial charge in [0.25, 0.3) is 11.7 Å². The van der Waals surface area contributed by atoms with Crippen molar-refractivity contribution >= 4 is 23.3 Å². The number of carbonyl (C=O) groups is 3. The molecule has 0 spiro atoms. The highest BCUT2D eigenvalue weighted by atomic mass is 16.2. The zero-order valence-electron chi connectivity index (χ0n) is 11.9. The van der Waals surface area contributed by atoms with E-state index in [4.69, 9.17) is 5.26 Å². The molecular weight excluding hydrogens is 270 g/mol.